The zero-order valence-electron chi connectivity index (χ0n) is 21.7. The van der Waals surface area contributed by atoms with Crippen molar-refractivity contribution in [2.75, 3.05) is 4.90 Å². The largest absolute Gasteiger partial charge is 0.477 e. The first kappa shape index (κ1) is 26.0. The lowest BCUT2D eigenvalue weighted by Gasteiger charge is -2.25. The van der Waals surface area contributed by atoms with Crippen LogP contribution in [0.1, 0.15) is 16.7 Å². The van der Waals surface area contributed by atoms with E-state index in [-0.39, 0.29) is 5.57 Å². The van der Waals surface area contributed by atoms with Crippen molar-refractivity contribution in [3.63, 3.8) is 0 Å². The second-order valence-electron chi connectivity index (χ2n) is 9.12. The van der Waals surface area contributed by atoms with E-state index in [1.807, 2.05) is 91.0 Å². The van der Waals surface area contributed by atoms with Crippen LogP contribution in [-0.2, 0) is 4.79 Å². The molecule has 5 aromatic carbocycles. The molecule has 0 saturated carbocycles. The molecule has 192 valence electrons. The van der Waals surface area contributed by atoms with E-state index in [2.05, 4.69) is 59.5 Å². The Labute approximate surface area is 234 Å². The van der Waals surface area contributed by atoms with Gasteiger partial charge in [-0.15, -0.1) is 0 Å². The van der Waals surface area contributed by atoms with Crippen LogP contribution in [0.4, 0.5) is 17.1 Å². The third-order valence-corrected chi connectivity index (χ3v) is 6.46. The second kappa shape index (κ2) is 12.3. The molecule has 0 saturated heterocycles. The van der Waals surface area contributed by atoms with Crippen molar-refractivity contribution in [1.29, 1.82) is 5.26 Å². The van der Waals surface area contributed by atoms with Crippen molar-refractivity contribution in [2.24, 2.45) is 0 Å². The fourth-order valence-electron chi connectivity index (χ4n) is 4.50. The van der Waals surface area contributed by atoms with Crippen molar-refractivity contribution < 1.29 is 9.90 Å². The normalized spacial score (nSPS) is 11.2. The van der Waals surface area contributed by atoms with Gasteiger partial charge in [-0.1, -0.05) is 103 Å². The molecule has 4 nitrogen and oxygen atoms in total. The highest BCUT2D eigenvalue weighted by molar-refractivity contribution is 5.98. The van der Waals surface area contributed by atoms with Crippen molar-refractivity contribution in [3.05, 3.63) is 156 Å². The van der Waals surface area contributed by atoms with Gasteiger partial charge in [-0.05, 0) is 76.4 Å². The molecule has 0 heterocycles. The molecule has 0 aliphatic heterocycles. The van der Waals surface area contributed by atoms with Gasteiger partial charge in [-0.25, -0.2) is 4.79 Å². The van der Waals surface area contributed by atoms with Gasteiger partial charge in [0.15, 0.2) is 0 Å². The average Bonchev–Trinajstić information content (AvgIpc) is 3.01. The lowest BCUT2D eigenvalue weighted by atomic mass is 9.95. The van der Waals surface area contributed by atoms with E-state index in [1.54, 1.807) is 6.07 Å². The molecule has 0 radical (unpaired) electrons. The van der Waals surface area contributed by atoms with Crippen LogP contribution in [-0.4, -0.2) is 11.1 Å². The summed E-state index contributed by atoms with van der Waals surface area (Å²) in [5.74, 6) is -1.24. The third kappa shape index (κ3) is 6.07. The Bertz CT molecular complexity index is 1660. The van der Waals surface area contributed by atoms with Crippen LogP contribution in [0.25, 0.3) is 29.4 Å². The maximum atomic E-state index is 11.4. The number of hydrogen-bond donors (Lipinski definition) is 1. The molecule has 0 amide bonds. The zero-order chi connectivity index (χ0) is 27.7. The highest BCUT2D eigenvalue weighted by Crippen LogP contribution is 2.34. The number of nitriles is 1. The number of anilines is 3. The van der Waals surface area contributed by atoms with Gasteiger partial charge in [0.05, 0.1) is 0 Å². The Balaban J connectivity index is 1.45. The van der Waals surface area contributed by atoms with Gasteiger partial charge < -0.3 is 10.0 Å². The summed E-state index contributed by atoms with van der Waals surface area (Å²) in [5, 5.41) is 18.6. The maximum absolute atomic E-state index is 11.4. The van der Waals surface area contributed by atoms with E-state index < -0.39 is 5.97 Å². The number of hydrogen-bond acceptors (Lipinski definition) is 3. The first-order valence-electron chi connectivity index (χ1n) is 12.9. The number of carbonyl (C=O) groups is 1. The molecule has 0 bridgehead atoms. The van der Waals surface area contributed by atoms with E-state index in [1.165, 1.54) is 6.08 Å². The summed E-state index contributed by atoms with van der Waals surface area (Å²) in [6.07, 6.45) is 5.50. The van der Waals surface area contributed by atoms with Crippen molar-refractivity contribution in [1.82, 2.24) is 0 Å². The van der Waals surface area contributed by atoms with Gasteiger partial charge in [-0.2, -0.15) is 5.26 Å². The average molecular weight is 519 g/mol. The van der Waals surface area contributed by atoms with Gasteiger partial charge >= 0.3 is 5.97 Å². The van der Waals surface area contributed by atoms with Crippen molar-refractivity contribution in [2.45, 2.75) is 0 Å². The quantitative estimate of drug-likeness (QED) is 0.126. The van der Waals surface area contributed by atoms with Gasteiger partial charge in [0.1, 0.15) is 11.6 Å². The fourth-order valence-corrected chi connectivity index (χ4v) is 4.50. The highest BCUT2D eigenvalue weighted by Gasteiger charge is 2.12. The Morgan fingerprint density at radius 3 is 1.70 bits per heavy atom. The number of nitrogens with zero attached hydrogens (tertiary/aromatic N) is 2. The standard InChI is InChI=1S/C36H26N2O2/c37-26-31(36(39)40)25-30-21-18-28(24-35(30)29-10-4-1-5-11-29)17-16-27-19-22-34(23-20-27)38(32-12-6-2-7-13-32)33-14-8-3-9-15-33/h1-25H,(H,39,40)/b17-16-,31-25+. The Morgan fingerprint density at radius 2 is 1.15 bits per heavy atom. The SMILES string of the molecule is N#C/C(=C\c1ccc(/C=C\c2ccc(N(c3ccccc3)c3ccccc3)cc2)cc1-c1ccccc1)C(=O)O. The second-order valence-corrected chi connectivity index (χ2v) is 9.12. The molecular weight excluding hydrogens is 492 g/mol. The molecule has 0 fully saturated rings. The van der Waals surface area contributed by atoms with Crippen LogP contribution in [0.5, 0.6) is 0 Å². The number of carboxylic acid groups (broad SMARTS) is 1. The minimum Gasteiger partial charge on any atom is -0.477 e. The summed E-state index contributed by atoms with van der Waals surface area (Å²) in [6.45, 7) is 0. The molecule has 0 aliphatic rings. The first-order chi connectivity index (χ1) is 19.6. The fraction of sp³-hybridized carbons (Fsp3) is 0. The molecular formula is C36H26N2O2. The van der Waals surface area contributed by atoms with Crippen LogP contribution < -0.4 is 4.90 Å². The number of para-hydroxylation sites is 2. The van der Waals surface area contributed by atoms with Crippen LogP contribution in [0.2, 0.25) is 0 Å². The lowest BCUT2D eigenvalue weighted by molar-refractivity contribution is -0.132. The van der Waals surface area contributed by atoms with E-state index in [0.717, 1.165) is 39.3 Å². The summed E-state index contributed by atoms with van der Waals surface area (Å²) in [7, 11) is 0. The monoisotopic (exact) mass is 518 g/mol. The van der Waals surface area contributed by atoms with Gasteiger partial charge in [-0.3, -0.25) is 0 Å². The summed E-state index contributed by atoms with van der Waals surface area (Å²) < 4.78 is 0. The number of carboxylic acids is 1. The van der Waals surface area contributed by atoms with Gasteiger partial charge in [0, 0.05) is 17.1 Å². The molecule has 40 heavy (non-hydrogen) atoms. The van der Waals surface area contributed by atoms with E-state index >= 15 is 0 Å². The van der Waals surface area contributed by atoms with Crippen LogP contribution >= 0.6 is 0 Å². The summed E-state index contributed by atoms with van der Waals surface area (Å²) in [4.78, 5) is 13.7. The van der Waals surface area contributed by atoms with E-state index in [0.29, 0.717) is 5.56 Å². The number of rotatable bonds is 8. The minimum atomic E-state index is -1.24. The maximum Gasteiger partial charge on any atom is 0.346 e. The van der Waals surface area contributed by atoms with E-state index in [4.69, 9.17) is 0 Å². The zero-order valence-corrected chi connectivity index (χ0v) is 21.7. The van der Waals surface area contributed by atoms with Crippen LogP contribution in [0.3, 0.4) is 0 Å². The molecule has 0 atom stereocenters. The molecule has 0 aliphatic carbocycles. The molecule has 5 aromatic rings. The van der Waals surface area contributed by atoms with E-state index in [9.17, 15) is 15.2 Å². The summed E-state index contributed by atoms with van der Waals surface area (Å²) >= 11 is 0. The predicted octanol–water partition coefficient (Wildman–Crippen LogP) is 8.99. The Kier molecular flexibility index (Phi) is 7.96. The minimum absolute atomic E-state index is 0.305. The van der Waals surface area contributed by atoms with Crippen molar-refractivity contribution >= 4 is 41.3 Å². The topological polar surface area (TPSA) is 64.3 Å². The van der Waals surface area contributed by atoms with Crippen molar-refractivity contribution in [3.8, 4) is 17.2 Å². The Hall–Kier alpha value is -5.66. The molecule has 4 heteroatoms. The predicted molar refractivity (Wildman–Crippen MR) is 163 cm³/mol. The Morgan fingerprint density at radius 1 is 0.650 bits per heavy atom. The smallest absolute Gasteiger partial charge is 0.346 e. The summed E-state index contributed by atoms with van der Waals surface area (Å²) in [5.41, 5.74) is 7.41. The van der Waals surface area contributed by atoms with Crippen LogP contribution in [0, 0.1) is 11.3 Å². The summed E-state index contributed by atoms with van der Waals surface area (Å²) in [6, 6.07) is 46.3. The third-order valence-electron chi connectivity index (χ3n) is 6.46. The first-order valence-corrected chi connectivity index (χ1v) is 12.9. The molecule has 0 unspecified atom stereocenters. The molecule has 1 N–H and O–H groups in total. The number of aliphatic carboxylic acids is 1. The lowest BCUT2D eigenvalue weighted by Crippen LogP contribution is -2.09. The van der Waals surface area contributed by atoms with Gasteiger partial charge in [0.25, 0.3) is 0 Å². The highest BCUT2D eigenvalue weighted by atomic mass is 16.4. The molecule has 0 spiro atoms. The molecule has 0 aromatic heterocycles. The van der Waals surface area contributed by atoms with Crippen LogP contribution in [0.15, 0.2) is 139 Å². The number of benzene rings is 5. The molecule has 5 rings (SSSR count). The van der Waals surface area contributed by atoms with Gasteiger partial charge in [0.2, 0.25) is 0 Å².